The van der Waals surface area contributed by atoms with Gasteiger partial charge in [0.25, 0.3) is 0 Å². The van der Waals surface area contributed by atoms with Crippen LogP contribution in [-0.2, 0) is 23.9 Å². The number of alkyl halides is 1. The molecule has 0 spiro atoms. The van der Waals surface area contributed by atoms with Crippen LogP contribution in [-0.4, -0.2) is 63.6 Å². The SMILES string of the molecule is CC(=O)OC[C@]12[C@H](O)C(=O)C(C)=C[C@H]1O[C@@H]1C(=O)C[C@@]2(C)[C@]1(O)CBr. The molecular formula is C17H21BrO7. The van der Waals surface area contributed by atoms with E-state index in [0.717, 1.165) is 0 Å². The number of carbonyl (C=O) groups is 3. The maximum atomic E-state index is 12.5. The highest BCUT2D eigenvalue weighted by atomic mass is 79.9. The average molecular weight is 417 g/mol. The lowest BCUT2D eigenvalue weighted by Gasteiger charge is -2.61. The van der Waals surface area contributed by atoms with E-state index in [1.54, 1.807) is 19.9 Å². The largest absolute Gasteiger partial charge is 0.465 e. The number of esters is 1. The Morgan fingerprint density at radius 3 is 2.68 bits per heavy atom. The van der Waals surface area contributed by atoms with Gasteiger partial charge in [-0.05, 0) is 18.6 Å². The lowest BCUT2D eigenvalue weighted by Crippen LogP contribution is -2.74. The Labute approximate surface area is 153 Å². The molecule has 3 aliphatic rings. The third kappa shape index (κ3) is 2.11. The first kappa shape index (κ1) is 18.7. The zero-order valence-electron chi connectivity index (χ0n) is 14.2. The maximum absolute atomic E-state index is 12.5. The van der Waals surface area contributed by atoms with Crippen molar-refractivity contribution in [3.05, 3.63) is 11.6 Å². The molecule has 6 atom stereocenters. The Bertz CT molecular complexity index is 688. The van der Waals surface area contributed by atoms with Crippen LogP contribution in [0.4, 0.5) is 0 Å². The van der Waals surface area contributed by atoms with Crippen LogP contribution in [0.15, 0.2) is 11.6 Å². The second-order valence-electron chi connectivity index (χ2n) is 7.41. The van der Waals surface area contributed by atoms with Gasteiger partial charge in [0.15, 0.2) is 11.6 Å². The zero-order valence-corrected chi connectivity index (χ0v) is 15.8. The first-order valence-corrected chi connectivity index (χ1v) is 9.18. The number of rotatable bonds is 3. The smallest absolute Gasteiger partial charge is 0.302 e. The lowest BCUT2D eigenvalue weighted by molar-refractivity contribution is -0.286. The van der Waals surface area contributed by atoms with Crippen molar-refractivity contribution < 1.29 is 34.1 Å². The van der Waals surface area contributed by atoms with Gasteiger partial charge in [0.05, 0.1) is 11.5 Å². The molecule has 25 heavy (non-hydrogen) atoms. The number of Topliss-reactive ketones (excluding diaryl/α,β-unsaturated/α-hetero) is 2. The number of ketones is 2. The van der Waals surface area contributed by atoms with Gasteiger partial charge in [0, 0.05) is 24.1 Å². The van der Waals surface area contributed by atoms with E-state index in [2.05, 4.69) is 15.9 Å². The molecular weight excluding hydrogens is 396 g/mol. The van der Waals surface area contributed by atoms with Crippen LogP contribution in [0.2, 0.25) is 0 Å². The van der Waals surface area contributed by atoms with Gasteiger partial charge in [-0.2, -0.15) is 0 Å². The Morgan fingerprint density at radius 1 is 1.48 bits per heavy atom. The van der Waals surface area contributed by atoms with Crippen molar-refractivity contribution in [1.29, 1.82) is 0 Å². The molecule has 2 N–H and O–H groups in total. The monoisotopic (exact) mass is 416 g/mol. The molecule has 2 aliphatic carbocycles. The van der Waals surface area contributed by atoms with E-state index in [0.29, 0.717) is 5.57 Å². The second-order valence-corrected chi connectivity index (χ2v) is 7.97. The molecule has 3 rings (SSSR count). The summed E-state index contributed by atoms with van der Waals surface area (Å²) in [6.07, 6.45) is -2.01. The molecule has 8 heteroatoms. The van der Waals surface area contributed by atoms with Gasteiger partial charge in [0.1, 0.15) is 24.4 Å². The van der Waals surface area contributed by atoms with Gasteiger partial charge in [0.2, 0.25) is 0 Å². The summed E-state index contributed by atoms with van der Waals surface area (Å²) in [5, 5.41) is 22.2. The highest BCUT2D eigenvalue weighted by Gasteiger charge is 2.78. The normalized spacial score (nSPS) is 45.8. The molecule has 0 radical (unpaired) electrons. The minimum atomic E-state index is -1.64. The topological polar surface area (TPSA) is 110 Å². The van der Waals surface area contributed by atoms with Crippen LogP contribution in [0.25, 0.3) is 0 Å². The van der Waals surface area contributed by atoms with Crippen LogP contribution in [0, 0.1) is 10.8 Å². The van der Waals surface area contributed by atoms with E-state index in [4.69, 9.17) is 9.47 Å². The summed E-state index contributed by atoms with van der Waals surface area (Å²) in [4.78, 5) is 36.5. The average Bonchev–Trinajstić information content (AvgIpc) is 2.67. The number of fused-ring (bicyclic) bond motifs is 4. The molecule has 138 valence electrons. The molecule has 0 amide bonds. The fraction of sp³-hybridized carbons (Fsp3) is 0.706. The second kappa shape index (κ2) is 5.70. The first-order valence-electron chi connectivity index (χ1n) is 8.06. The standard InChI is InChI=1S/C17H21BrO7/c1-8-4-11-16(7-24-9(2)19,13(22)12(8)21)15(3)5-10(20)14(25-11)17(15,23)6-18/h4,11,13-14,22-23H,5-7H2,1-3H3/t11-,13-,14-,15-,16-,17+/m1/s1. The number of halogens is 1. The van der Waals surface area contributed by atoms with Crippen molar-refractivity contribution in [2.24, 2.45) is 10.8 Å². The predicted octanol–water partition coefficient (Wildman–Crippen LogP) is 0.298. The fourth-order valence-corrected chi connectivity index (χ4v) is 5.56. The van der Waals surface area contributed by atoms with Gasteiger partial charge in [-0.15, -0.1) is 0 Å². The summed E-state index contributed by atoms with van der Waals surface area (Å²) in [6.45, 7) is 4.09. The molecule has 0 aromatic rings. The quantitative estimate of drug-likeness (QED) is 0.502. The number of hydrogen-bond acceptors (Lipinski definition) is 7. The third-order valence-corrected chi connectivity index (χ3v) is 7.13. The van der Waals surface area contributed by atoms with Crippen molar-refractivity contribution >= 4 is 33.5 Å². The van der Waals surface area contributed by atoms with Crippen molar-refractivity contribution in [1.82, 2.24) is 0 Å². The summed E-state index contributed by atoms with van der Waals surface area (Å²) in [7, 11) is 0. The fourth-order valence-electron chi connectivity index (χ4n) is 4.65. The first-order chi connectivity index (χ1) is 11.5. The van der Waals surface area contributed by atoms with Gasteiger partial charge in [-0.1, -0.05) is 22.9 Å². The zero-order chi connectivity index (χ0) is 18.8. The van der Waals surface area contributed by atoms with Crippen molar-refractivity contribution in [3.63, 3.8) is 0 Å². The molecule has 1 aliphatic heterocycles. The van der Waals surface area contributed by atoms with Gasteiger partial charge < -0.3 is 19.7 Å². The highest BCUT2D eigenvalue weighted by Crippen LogP contribution is 2.65. The van der Waals surface area contributed by atoms with Crippen LogP contribution < -0.4 is 0 Å². The summed E-state index contributed by atoms with van der Waals surface area (Å²) in [5.41, 5.74) is -4.01. The summed E-state index contributed by atoms with van der Waals surface area (Å²) in [6, 6.07) is 0. The van der Waals surface area contributed by atoms with E-state index in [1.165, 1.54) is 6.92 Å². The molecule has 0 aromatic carbocycles. The molecule has 1 saturated heterocycles. The maximum Gasteiger partial charge on any atom is 0.302 e. The minimum Gasteiger partial charge on any atom is -0.465 e. The Kier molecular flexibility index (Phi) is 4.27. The Balaban J connectivity index is 2.25. The summed E-state index contributed by atoms with van der Waals surface area (Å²) in [5.74, 6) is -1.41. The van der Waals surface area contributed by atoms with Crippen LogP contribution in [0.5, 0.6) is 0 Å². The molecule has 0 unspecified atom stereocenters. The predicted molar refractivity (Wildman–Crippen MR) is 89.0 cm³/mol. The molecule has 2 bridgehead atoms. The molecule has 7 nitrogen and oxygen atoms in total. The summed E-state index contributed by atoms with van der Waals surface area (Å²) < 4.78 is 11.1. The molecule has 1 saturated carbocycles. The number of hydrogen-bond donors (Lipinski definition) is 2. The van der Waals surface area contributed by atoms with E-state index in [-0.39, 0.29) is 24.1 Å². The van der Waals surface area contributed by atoms with E-state index in [1.807, 2.05) is 0 Å². The van der Waals surface area contributed by atoms with Gasteiger partial charge >= 0.3 is 5.97 Å². The minimum absolute atomic E-state index is 0.0189. The number of carbonyl (C=O) groups excluding carboxylic acids is 3. The van der Waals surface area contributed by atoms with Crippen LogP contribution >= 0.6 is 15.9 Å². The van der Waals surface area contributed by atoms with Gasteiger partial charge in [-0.25, -0.2) is 0 Å². The Hall–Kier alpha value is -1.09. The number of aliphatic hydroxyl groups excluding tert-OH is 1. The van der Waals surface area contributed by atoms with Gasteiger partial charge in [-0.3, -0.25) is 14.4 Å². The van der Waals surface area contributed by atoms with Crippen LogP contribution in [0.3, 0.4) is 0 Å². The van der Waals surface area contributed by atoms with E-state index >= 15 is 0 Å². The third-order valence-electron chi connectivity index (χ3n) is 6.27. The molecule has 2 fully saturated rings. The summed E-state index contributed by atoms with van der Waals surface area (Å²) >= 11 is 3.25. The Morgan fingerprint density at radius 2 is 2.12 bits per heavy atom. The van der Waals surface area contributed by atoms with E-state index < -0.39 is 46.5 Å². The lowest BCUT2D eigenvalue weighted by atomic mass is 9.50. The number of ether oxygens (including phenoxy) is 2. The van der Waals surface area contributed by atoms with Crippen molar-refractivity contribution in [2.45, 2.75) is 51.1 Å². The molecule has 1 heterocycles. The van der Waals surface area contributed by atoms with Crippen molar-refractivity contribution in [3.8, 4) is 0 Å². The van der Waals surface area contributed by atoms with Crippen LogP contribution in [0.1, 0.15) is 27.2 Å². The number of aliphatic hydroxyl groups is 2. The van der Waals surface area contributed by atoms with Crippen molar-refractivity contribution in [2.75, 3.05) is 11.9 Å². The molecule has 0 aromatic heterocycles. The highest BCUT2D eigenvalue weighted by molar-refractivity contribution is 9.09. The van der Waals surface area contributed by atoms with E-state index in [9.17, 15) is 24.6 Å².